The number of nitrogens with zero attached hydrogens (tertiary/aromatic N) is 5. The fraction of sp³-hybridized carbons (Fsp3) is 0.360. The molecule has 1 aliphatic carbocycles. The van der Waals surface area contributed by atoms with Gasteiger partial charge >= 0.3 is 0 Å². The van der Waals surface area contributed by atoms with Crippen LogP contribution < -0.4 is 0 Å². The maximum absolute atomic E-state index is 14.7. The molecule has 0 radical (unpaired) electrons. The first-order chi connectivity index (χ1) is 15.7. The minimum Gasteiger partial charge on any atom is -0.342 e. The lowest BCUT2D eigenvalue weighted by Gasteiger charge is -2.15. The highest BCUT2D eigenvalue weighted by Gasteiger charge is 2.32. The van der Waals surface area contributed by atoms with Crippen molar-refractivity contribution in [2.75, 3.05) is 13.6 Å². The molecule has 170 valence electrons. The number of H-pyrrole nitrogens is 1. The van der Waals surface area contributed by atoms with Gasteiger partial charge in [-0.3, -0.25) is 14.6 Å². The molecule has 0 atom stereocenters. The number of rotatable bonds is 5. The number of hydrogen-bond donors (Lipinski definition) is 1. The molecule has 0 spiro atoms. The maximum Gasteiger partial charge on any atom is 0.253 e. The van der Waals surface area contributed by atoms with Gasteiger partial charge in [0.2, 0.25) is 0 Å². The monoisotopic (exact) mass is 446 g/mol. The largest absolute Gasteiger partial charge is 0.342 e. The van der Waals surface area contributed by atoms with Crippen molar-refractivity contribution >= 4 is 16.9 Å². The molecule has 4 aromatic rings. The molecule has 33 heavy (non-hydrogen) atoms. The van der Waals surface area contributed by atoms with Crippen LogP contribution in [0.5, 0.6) is 0 Å². The van der Waals surface area contributed by atoms with Crippen LogP contribution in [0.2, 0.25) is 0 Å². The van der Waals surface area contributed by atoms with Crippen molar-refractivity contribution < 1.29 is 9.18 Å². The fourth-order valence-electron chi connectivity index (χ4n) is 4.52. The quantitative estimate of drug-likeness (QED) is 0.498. The van der Waals surface area contributed by atoms with E-state index in [9.17, 15) is 9.18 Å². The Morgan fingerprint density at radius 3 is 2.85 bits per heavy atom. The molecular formula is C25H27FN6O. The summed E-state index contributed by atoms with van der Waals surface area (Å²) in [5, 5.41) is 13.1. The van der Waals surface area contributed by atoms with Gasteiger partial charge in [-0.15, -0.1) is 0 Å². The van der Waals surface area contributed by atoms with Gasteiger partial charge in [0, 0.05) is 59.3 Å². The number of halogens is 1. The van der Waals surface area contributed by atoms with E-state index in [1.54, 1.807) is 35.0 Å². The van der Waals surface area contributed by atoms with Crippen molar-refractivity contribution in [3.63, 3.8) is 0 Å². The number of pyridine rings is 1. The van der Waals surface area contributed by atoms with Gasteiger partial charge in [0.15, 0.2) is 5.65 Å². The van der Waals surface area contributed by atoms with Crippen molar-refractivity contribution in [2.24, 2.45) is 5.41 Å². The van der Waals surface area contributed by atoms with Crippen molar-refractivity contribution in [1.82, 2.24) is 29.9 Å². The predicted octanol–water partition coefficient (Wildman–Crippen LogP) is 4.23. The van der Waals surface area contributed by atoms with Gasteiger partial charge < -0.3 is 4.90 Å². The molecule has 1 aromatic carbocycles. The molecule has 0 unspecified atom stereocenters. The highest BCUT2D eigenvalue weighted by atomic mass is 19.1. The summed E-state index contributed by atoms with van der Waals surface area (Å²) in [4.78, 5) is 18.3. The number of carbonyl (C=O) groups excluding carboxylic acids is 1. The Morgan fingerprint density at radius 1 is 1.27 bits per heavy atom. The van der Waals surface area contributed by atoms with Gasteiger partial charge in [-0.1, -0.05) is 19.9 Å². The van der Waals surface area contributed by atoms with Gasteiger partial charge in [0.05, 0.1) is 12.2 Å². The summed E-state index contributed by atoms with van der Waals surface area (Å²) >= 11 is 0. The van der Waals surface area contributed by atoms with E-state index in [0.29, 0.717) is 23.3 Å². The van der Waals surface area contributed by atoms with E-state index in [0.717, 1.165) is 29.5 Å². The second kappa shape index (κ2) is 7.79. The summed E-state index contributed by atoms with van der Waals surface area (Å²) in [6.45, 7) is 7.22. The van der Waals surface area contributed by atoms with Gasteiger partial charge in [0.25, 0.3) is 5.91 Å². The van der Waals surface area contributed by atoms with E-state index in [4.69, 9.17) is 0 Å². The molecule has 8 heteroatoms. The molecule has 0 aliphatic heterocycles. The van der Waals surface area contributed by atoms with E-state index in [1.165, 1.54) is 17.3 Å². The first-order valence-electron chi connectivity index (χ1n) is 11.2. The molecule has 0 fully saturated rings. The van der Waals surface area contributed by atoms with Crippen molar-refractivity contribution in [1.29, 1.82) is 0 Å². The number of nitrogens with one attached hydrogen (secondary N) is 1. The van der Waals surface area contributed by atoms with Crippen molar-refractivity contribution in [3.8, 4) is 11.3 Å². The average molecular weight is 447 g/mol. The molecule has 0 saturated heterocycles. The Morgan fingerprint density at radius 2 is 2.09 bits per heavy atom. The number of aromatic amines is 1. The van der Waals surface area contributed by atoms with E-state index in [-0.39, 0.29) is 17.9 Å². The van der Waals surface area contributed by atoms with Crippen LogP contribution in [0, 0.1) is 11.2 Å². The van der Waals surface area contributed by atoms with Gasteiger partial charge in [-0.25, -0.2) is 9.37 Å². The molecule has 1 amide bonds. The lowest BCUT2D eigenvalue weighted by atomic mass is 9.90. The first-order valence-corrected chi connectivity index (χ1v) is 11.2. The minimum atomic E-state index is -0.423. The van der Waals surface area contributed by atoms with Crippen LogP contribution in [0.4, 0.5) is 4.39 Å². The average Bonchev–Trinajstić information content (AvgIpc) is 3.44. The van der Waals surface area contributed by atoms with E-state index >= 15 is 0 Å². The van der Waals surface area contributed by atoms with Crippen molar-refractivity contribution in [3.05, 3.63) is 64.9 Å². The van der Waals surface area contributed by atoms with E-state index in [2.05, 4.69) is 34.1 Å². The third kappa shape index (κ3) is 3.90. The standard InChI is InChI=1S/C25H27FN6O/c1-5-31(4)24(33)15-6-7-16(20(26)9-15)13-32-14-18-8-17(12-27-23(18)30-32)22-19-10-25(2,3)11-21(19)28-29-22/h6-9,12,14H,5,10-11,13H2,1-4H3,(H,28,29). The maximum atomic E-state index is 14.7. The van der Waals surface area contributed by atoms with Crippen LogP contribution in [-0.2, 0) is 19.4 Å². The molecule has 0 bridgehead atoms. The van der Waals surface area contributed by atoms with Gasteiger partial charge in [-0.2, -0.15) is 10.2 Å². The van der Waals surface area contributed by atoms with E-state index in [1.807, 2.05) is 19.2 Å². The minimum absolute atomic E-state index is 0.197. The number of fused-ring (bicyclic) bond motifs is 2. The van der Waals surface area contributed by atoms with Crippen LogP contribution in [0.1, 0.15) is 48.0 Å². The molecule has 0 saturated carbocycles. The number of amides is 1. The Labute approximate surface area is 191 Å². The molecule has 1 N–H and O–H groups in total. The Hall–Kier alpha value is -3.55. The SMILES string of the molecule is CCN(C)C(=O)c1ccc(Cn2cc3cc(-c4n[nH]c5c4CC(C)(C)C5)cnc3n2)c(F)c1. The number of aromatic nitrogens is 5. The third-order valence-electron chi connectivity index (χ3n) is 6.40. The fourth-order valence-corrected chi connectivity index (χ4v) is 4.52. The number of carbonyl (C=O) groups is 1. The summed E-state index contributed by atoms with van der Waals surface area (Å²) in [5.41, 5.74) is 6.00. The highest BCUT2D eigenvalue weighted by Crippen LogP contribution is 2.39. The Balaban J connectivity index is 1.40. The lowest BCUT2D eigenvalue weighted by Crippen LogP contribution is -2.26. The molecule has 1 aliphatic rings. The second-order valence-corrected chi connectivity index (χ2v) is 9.64. The summed E-state index contributed by atoms with van der Waals surface area (Å²) in [6.07, 6.45) is 5.64. The molecule has 3 aromatic heterocycles. The topological polar surface area (TPSA) is 79.7 Å². The molecule has 7 nitrogen and oxygen atoms in total. The zero-order valence-corrected chi connectivity index (χ0v) is 19.3. The van der Waals surface area contributed by atoms with Crippen molar-refractivity contribution in [2.45, 2.75) is 40.2 Å². The lowest BCUT2D eigenvalue weighted by molar-refractivity contribution is 0.0802. The Kier molecular flexibility index (Phi) is 5.03. The Bertz CT molecular complexity index is 1370. The van der Waals surface area contributed by atoms with Crippen LogP contribution in [0.3, 0.4) is 0 Å². The molecule has 5 rings (SSSR count). The van der Waals surface area contributed by atoms with Gasteiger partial charge in [-0.05, 0) is 43.4 Å². The molecular weight excluding hydrogens is 419 g/mol. The van der Waals surface area contributed by atoms with E-state index < -0.39 is 5.82 Å². The van der Waals surface area contributed by atoms with Gasteiger partial charge in [0.1, 0.15) is 5.82 Å². The van der Waals surface area contributed by atoms with Crippen LogP contribution in [0.25, 0.3) is 22.3 Å². The van der Waals surface area contributed by atoms with Crippen LogP contribution in [0.15, 0.2) is 36.7 Å². The third-order valence-corrected chi connectivity index (χ3v) is 6.40. The number of benzene rings is 1. The smallest absolute Gasteiger partial charge is 0.253 e. The van der Waals surface area contributed by atoms with Crippen LogP contribution in [-0.4, -0.2) is 49.4 Å². The predicted molar refractivity (Wildman–Crippen MR) is 124 cm³/mol. The summed E-state index contributed by atoms with van der Waals surface area (Å²) < 4.78 is 16.4. The summed E-state index contributed by atoms with van der Waals surface area (Å²) in [5.74, 6) is -0.619. The summed E-state index contributed by atoms with van der Waals surface area (Å²) in [7, 11) is 1.70. The highest BCUT2D eigenvalue weighted by molar-refractivity contribution is 5.94. The van der Waals surface area contributed by atoms with Crippen LogP contribution >= 0.6 is 0 Å². The first kappa shape index (κ1) is 21.3. The summed E-state index contributed by atoms with van der Waals surface area (Å²) in [6, 6.07) is 6.63. The zero-order valence-electron chi connectivity index (χ0n) is 19.3. The number of hydrogen-bond acceptors (Lipinski definition) is 4. The normalized spacial score (nSPS) is 14.6. The molecule has 3 heterocycles. The zero-order chi connectivity index (χ0) is 23.3. The second-order valence-electron chi connectivity index (χ2n) is 9.64.